The summed E-state index contributed by atoms with van der Waals surface area (Å²) in [6.45, 7) is 1.32. The number of benzene rings is 2. The van der Waals surface area contributed by atoms with Crippen molar-refractivity contribution in [1.82, 2.24) is 4.90 Å². The van der Waals surface area contributed by atoms with E-state index in [1.54, 1.807) is 24.3 Å². The van der Waals surface area contributed by atoms with Crippen LogP contribution in [0.25, 0.3) is 0 Å². The third-order valence-electron chi connectivity index (χ3n) is 3.60. The van der Waals surface area contributed by atoms with Crippen LogP contribution in [0.3, 0.4) is 0 Å². The highest BCUT2D eigenvalue weighted by Gasteiger charge is 2.11. The van der Waals surface area contributed by atoms with Crippen LogP contribution in [0.5, 0.6) is 0 Å². The van der Waals surface area contributed by atoms with Crippen LogP contribution in [0.1, 0.15) is 21.5 Å². The van der Waals surface area contributed by atoms with Gasteiger partial charge in [0.15, 0.2) is 0 Å². The van der Waals surface area contributed by atoms with Gasteiger partial charge in [0.2, 0.25) is 0 Å². The largest absolute Gasteiger partial charge is 0.465 e. The molecule has 24 heavy (non-hydrogen) atoms. The Labute approximate surface area is 149 Å². The van der Waals surface area contributed by atoms with Gasteiger partial charge in [-0.2, -0.15) is 0 Å². The first-order valence-electron chi connectivity index (χ1n) is 7.48. The first-order chi connectivity index (χ1) is 11.5. The van der Waals surface area contributed by atoms with Crippen LogP contribution in [0.15, 0.2) is 46.9 Å². The summed E-state index contributed by atoms with van der Waals surface area (Å²) >= 11 is 3.34. The summed E-state index contributed by atoms with van der Waals surface area (Å²) in [6.07, 6.45) is 0. The van der Waals surface area contributed by atoms with E-state index < -0.39 is 0 Å². The molecule has 0 aliphatic rings. The van der Waals surface area contributed by atoms with E-state index >= 15 is 0 Å². The Morgan fingerprint density at radius 2 is 1.92 bits per heavy atom. The van der Waals surface area contributed by atoms with Crippen LogP contribution in [0, 0.1) is 5.82 Å². The zero-order chi connectivity index (χ0) is 17.5. The maximum atomic E-state index is 13.9. The molecule has 0 aromatic heterocycles. The van der Waals surface area contributed by atoms with Gasteiger partial charge in [0.25, 0.3) is 0 Å². The molecule has 0 atom stereocenters. The van der Waals surface area contributed by atoms with E-state index in [4.69, 9.17) is 0 Å². The van der Waals surface area contributed by atoms with Crippen LogP contribution in [-0.2, 0) is 17.8 Å². The number of aliphatic hydroxyl groups is 1. The van der Waals surface area contributed by atoms with Crippen LogP contribution < -0.4 is 0 Å². The molecule has 0 spiro atoms. The summed E-state index contributed by atoms with van der Waals surface area (Å²) in [5.41, 5.74) is 2.00. The third kappa shape index (κ3) is 5.12. The Balaban J connectivity index is 2.10. The molecule has 0 heterocycles. The van der Waals surface area contributed by atoms with Crippen LogP contribution >= 0.6 is 15.9 Å². The van der Waals surface area contributed by atoms with Gasteiger partial charge in [0.05, 0.1) is 19.3 Å². The van der Waals surface area contributed by atoms with Crippen molar-refractivity contribution in [3.8, 4) is 0 Å². The summed E-state index contributed by atoms with van der Waals surface area (Å²) in [5, 5.41) is 9.26. The van der Waals surface area contributed by atoms with Gasteiger partial charge in [-0.05, 0) is 35.9 Å². The van der Waals surface area contributed by atoms with Crippen LogP contribution in [0.2, 0.25) is 0 Å². The third-order valence-corrected chi connectivity index (χ3v) is 4.09. The highest BCUT2D eigenvalue weighted by Crippen LogP contribution is 2.18. The number of hydrogen-bond donors (Lipinski definition) is 1. The van der Waals surface area contributed by atoms with Crippen molar-refractivity contribution in [2.75, 3.05) is 20.3 Å². The SMILES string of the molecule is COC(=O)c1ccc(CN(CCO)Cc2cc(Br)ccc2F)cc1. The predicted octanol–water partition coefficient (Wildman–Crippen LogP) is 3.37. The number of ether oxygens (including phenoxy) is 1. The molecule has 4 nitrogen and oxygen atoms in total. The van der Waals surface area contributed by atoms with Gasteiger partial charge in [-0.1, -0.05) is 28.1 Å². The lowest BCUT2D eigenvalue weighted by molar-refractivity contribution is 0.0600. The molecular formula is C18H19BrFNO3. The maximum Gasteiger partial charge on any atom is 0.337 e. The minimum atomic E-state index is -0.384. The van der Waals surface area contributed by atoms with Crippen molar-refractivity contribution in [1.29, 1.82) is 0 Å². The van der Waals surface area contributed by atoms with E-state index in [1.165, 1.54) is 13.2 Å². The van der Waals surface area contributed by atoms with Gasteiger partial charge >= 0.3 is 5.97 Å². The first-order valence-corrected chi connectivity index (χ1v) is 8.27. The highest BCUT2D eigenvalue weighted by atomic mass is 79.9. The second kappa shape index (κ2) is 8.92. The number of rotatable bonds is 7. The quantitative estimate of drug-likeness (QED) is 0.730. The smallest absolute Gasteiger partial charge is 0.337 e. The molecule has 0 fully saturated rings. The maximum absolute atomic E-state index is 13.9. The Morgan fingerprint density at radius 1 is 1.21 bits per heavy atom. The second-order valence-electron chi connectivity index (χ2n) is 5.36. The predicted molar refractivity (Wildman–Crippen MR) is 93.1 cm³/mol. The number of halogens is 2. The van der Waals surface area contributed by atoms with Crippen LogP contribution in [0.4, 0.5) is 4.39 Å². The summed E-state index contributed by atoms with van der Waals surface area (Å²) in [5.74, 6) is -0.660. The monoisotopic (exact) mass is 395 g/mol. The van der Waals surface area contributed by atoms with Crippen molar-refractivity contribution in [2.24, 2.45) is 0 Å². The first kappa shape index (κ1) is 18.6. The number of nitrogens with zero attached hydrogens (tertiary/aromatic N) is 1. The van der Waals surface area contributed by atoms with Gasteiger partial charge in [0.1, 0.15) is 5.82 Å². The normalized spacial score (nSPS) is 10.9. The molecule has 1 N–H and O–H groups in total. The Kier molecular flexibility index (Phi) is 6.90. The average molecular weight is 396 g/mol. The highest BCUT2D eigenvalue weighted by molar-refractivity contribution is 9.10. The molecule has 0 bridgehead atoms. The van der Waals surface area contributed by atoms with Crippen molar-refractivity contribution >= 4 is 21.9 Å². The fourth-order valence-corrected chi connectivity index (χ4v) is 2.79. The molecule has 0 radical (unpaired) electrons. The summed E-state index contributed by atoms with van der Waals surface area (Å²) in [4.78, 5) is 13.4. The van der Waals surface area contributed by atoms with Gasteiger partial charge in [-0.15, -0.1) is 0 Å². The Morgan fingerprint density at radius 3 is 2.54 bits per heavy atom. The molecule has 2 rings (SSSR count). The molecule has 0 amide bonds. The molecule has 0 unspecified atom stereocenters. The summed E-state index contributed by atoms with van der Waals surface area (Å²) < 4.78 is 19.4. The van der Waals surface area contributed by atoms with Crippen LogP contribution in [-0.4, -0.2) is 36.2 Å². The van der Waals surface area contributed by atoms with E-state index in [1.807, 2.05) is 17.0 Å². The molecule has 0 aliphatic carbocycles. The van der Waals surface area contributed by atoms with E-state index in [0.29, 0.717) is 30.8 Å². The molecule has 0 saturated carbocycles. The van der Waals surface area contributed by atoms with Gasteiger partial charge in [-0.25, -0.2) is 9.18 Å². The fourth-order valence-electron chi connectivity index (χ4n) is 2.38. The average Bonchev–Trinajstić information content (AvgIpc) is 2.58. The molecule has 2 aromatic rings. The van der Waals surface area contributed by atoms with Gasteiger partial charge in [-0.3, -0.25) is 4.90 Å². The number of carbonyl (C=O) groups excluding carboxylic acids is 1. The zero-order valence-corrected chi connectivity index (χ0v) is 14.9. The number of hydrogen-bond acceptors (Lipinski definition) is 4. The minimum Gasteiger partial charge on any atom is -0.465 e. The molecule has 0 aliphatic heterocycles. The zero-order valence-electron chi connectivity index (χ0n) is 13.3. The van der Waals surface area contributed by atoms with Gasteiger partial charge < -0.3 is 9.84 Å². The number of carbonyl (C=O) groups is 1. The lowest BCUT2D eigenvalue weighted by Crippen LogP contribution is -2.26. The standard InChI is InChI=1S/C18H19BrFNO3/c1-24-18(23)14-4-2-13(3-5-14)11-21(8-9-22)12-15-10-16(19)6-7-17(15)20/h2-7,10,22H,8-9,11-12H2,1H3. The molecular weight excluding hydrogens is 377 g/mol. The van der Waals surface area contributed by atoms with E-state index in [-0.39, 0.29) is 18.4 Å². The van der Waals surface area contributed by atoms with Gasteiger partial charge in [0, 0.05) is 29.7 Å². The number of methoxy groups -OCH3 is 1. The van der Waals surface area contributed by atoms with E-state index in [2.05, 4.69) is 20.7 Å². The molecule has 128 valence electrons. The van der Waals surface area contributed by atoms with Crippen molar-refractivity contribution in [2.45, 2.75) is 13.1 Å². The summed E-state index contributed by atoms with van der Waals surface area (Å²) in [7, 11) is 1.34. The summed E-state index contributed by atoms with van der Waals surface area (Å²) in [6, 6.07) is 11.8. The molecule has 6 heteroatoms. The second-order valence-corrected chi connectivity index (χ2v) is 6.27. The molecule has 2 aromatic carbocycles. The fraction of sp³-hybridized carbons (Fsp3) is 0.278. The Hall–Kier alpha value is -1.76. The lowest BCUT2D eigenvalue weighted by Gasteiger charge is -2.22. The number of aliphatic hydroxyl groups excluding tert-OH is 1. The van der Waals surface area contributed by atoms with Crippen molar-refractivity contribution < 1.29 is 19.0 Å². The van der Waals surface area contributed by atoms with E-state index in [0.717, 1.165) is 10.0 Å². The topological polar surface area (TPSA) is 49.8 Å². The van der Waals surface area contributed by atoms with Crippen molar-refractivity contribution in [3.05, 3.63) is 69.4 Å². The Bertz CT molecular complexity index is 691. The minimum absolute atomic E-state index is 0.0180. The number of esters is 1. The van der Waals surface area contributed by atoms with E-state index in [9.17, 15) is 14.3 Å². The lowest BCUT2D eigenvalue weighted by atomic mass is 10.1. The van der Waals surface area contributed by atoms with Crippen molar-refractivity contribution in [3.63, 3.8) is 0 Å². The molecule has 0 saturated heterocycles.